The number of alkyl halides is 6. The Bertz CT molecular complexity index is 2720. The summed E-state index contributed by atoms with van der Waals surface area (Å²) in [4.78, 5) is 37.4. The van der Waals surface area contributed by atoms with Crippen LogP contribution in [0.4, 0.5) is 35.1 Å². The monoisotopic (exact) mass is 1100 g/mol. The van der Waals surface area contributed by atoms with Crippen molar-refractivity contribution in [3.05, 3.63) is 117 Å². The molecule has 2 aliphatic carbocycles. The summed E-state index contributed by atoms with van der Waals surface area (Å²) in [5, 5.41) is -1.33. The lowest BCUT2D eigenvalue weighted by Gasteiger charge is -2.61. The van der Waals surface area contributed by atoms with E-state index in [1.165, 1.54) is 67.8 Å². The number of halogens is 10. The topological polar surface area (TPSA) is 141 Å². The molecule has 378 valence electrons. The van der Waals surface area contributed by atoms with Crippen LogP contribution >= 0.6 is 44.8 Å². The summed E-state index contributed by atoms with van der Waals surface area (Å²) in [5.41, 5.74) is -4.26. The fourth-order valence-electron chi connectivity index (χ4n) is 9.81. The lowest BCUT2D eigenvalue weighted by molar-refractivity contribution is -0.141. The van der Waals surface area contributed by atoms with E-state index in [1.54, 1.807) is 13.8 Å². The molecule has 2 unspecified atom stereocenters. The van der Waals surface area contributed by atoms with E-state index in [0.717, 1.165) is 32.9 Å². The second-order valence-corrected chi connectivity index (χ2v) is 25.4. The van der Waals surface area contributed by atoms with Gasteiger partial charge in [-0.3, -0.25) is 9.59 Å². The normalized spacial score (nSPS) is 20.2. The van der Waals surface area contributed by atoms with Crippen molar-refractivity contribution in [2.24, 2.45) is 10.8 Å². The second kappa shape index (κ2) is 19.2. The van der Waals surface area contributed by atoms with Gasteiger partial charge in [-0.15, -0.1) is 0 Å². The molecule has 4 aliphatic rings. The van der Waals surface area contributed by atoms with Crippen molar-refractivity contribution in [2.45, 2.75) is 85.8 Å². The minimum atomic E-state index is -4.84. The number of rotatable bonds is 15. The molecule has 8 rings (SSSR count). The Morgan fingerprint density at radius 3 is 1.26 bits per heavy atom. The van der Waals surface area contributed by atoms with E-state index in [-0.39, 0.29) is 48.8 Å². The molecule has 4 aromatic rings. The smallest absolute Gasteiger partial charge is 0.332 e. The molecular weight excluding hydrogens is 1060 g/mol. The fraction of sp³-hybridized carbons (Fsp3) is 0.455. The summed E-state index contributed by atoms with van der Waals surface area (Å²) in [7, 11) is -5.71. The van der Waals surface area contributed by atoms with Crippen LogP contribution in [0.1, 0.15) is 71.6 Å². The van der Waals surface area contributed by atoms with Gasteiger partial charge in [0.05, 0.1) is 11.1 Å². The van der Waals surface area contributed by atoms with Gasteiger partial charge in [-0.1, -0.05) is 69.1 Å². The number of sulfonamides is 2. The molecule has 2 atom stereocenters. The summed E-state index contributed by atoms with van der Waals surface area (Å²) in [5.74, 6) is -2.75. The van der Waals surface area contributed by atoms with Crippen LogP contribution in [-0.2, 0) is 32.4 Å². The van der Waals surface area contributed by atoms with E-state index in [0.29, 0.717) is 37.8 Å². The summed E-state index contributed by atoms with van der Waals surface area (Å²) >= 11 is 12.4. The summed E-state index contributed by atoms with van der Waals surface area (Å²) in [6.07, 6.45) is -8.39. The summed E-state index contributed by atoms with van der Waals surface area (Å²) in [6, 6.07) is 10.9. The van der Waals surface area contributed by atoms with Crippen LogP contribution < -0.4 is 0 Å². The lowest BCUT2D eigenvalue weighted by Crippen LogP contribution is -2.68. The maximum atomic E-state index is 14.5. The number of nitrogens with zero attached hydrogens (tertiary/aromatic N) is 6. The van der Waals surface area contributed by atoms with Gasteiger partial charge in [-0.2, -0.15) is 35.0 Å². The highest BCUT2D eigenvalue weighted by Gasteiger charge is 2.60. The first-order chi connectivity index (χ1) is 32.7. The van der Waals surface area contributed by atoms with Crippen LogP contribution in [-0.4, -0.2) is 119 Å². The number of hydrogen-bond donors (Lipinski definition) is 0. The Hall–Kier alpha value is -3.78. The Labute approximate surface area is 416 Å². The first-order valence-corrected chi connectivity index (χ1v) is 27.7. The lowest BCUT2D eigenvalue weighted by atomic mass is 9.61. The maximum Gasteiger partial charge on any atom is 0.433 e. The van der Waals surface area contributed by atoms with Crippen molar-refractivity contribution in [1.29, 1.82) is 0 Å². The number of amides is 2. The van der Waals surface area contributed by atoms with E-state index in [9.17, 15) is 61.5 Å². The molecule has 2 saturated carbocycles. The van der Waals surface area contributed by atoms with E-state index in [2.05, 4.69) is 9.97 Å². The van der Waals surface area contributed by atoms with Gasteiger partial charge in [0.25, 0.3) is 11.8 Å². The first-order valence-electron chi connectivity index (χ1n) is 21.5. The number of carbonyl (C=O) groups excluding carboxylic acids is 2. The van der Waals surface area contributed by atoms with Crippen molar-refractivity contribution < 1.29 is 61.5 Å². The van der Waals surface area contributed by atoms with E-state index in [4.69, 9.17) is 23.2 Å². The number of aromatic nitrogens is 2. The number of pyridine rings is 2. The Balaban J connectivity index is 0.950. The highest BCUT2D eigenvalue weighted by Crippen LogP contribution is 2.54. The number of benzene rings is 2. The molecule has 70 heavy (non-hydrogen) atoms. The molecule has 4 heterocycles. The quantitative estimate of drug-likeness (QED) is 0.0489. The number of hydrogen-bond acceptors (Lipinski definition) is 10. The SMILES string of the molecule is CC(CSSCC(C)N(C(=O)c1ccc(C(F)(F)F)nc1Cl)C1CC2(C1)CN(S(=O)(=O)c1ccccc1F)C2)N(C(=O)c1ccc(C(F)(F)F)nc1Cl)C1CC2(C1)CN(S(=O)(=O)c1ccccc1F)C2. The molecule has 0 radical (unpaired) electrons. The molecule has 2 aliphatic heterocycles. The third-order valence-electron chi connectivity index (χ3n) is 13.3. The van der Waals surface area contributed by atoms with Crippen LogP contribution in [0.25, 0.3) is 0 Å². The van der Waals surface area contributed by atoms with Crippen molar-refractivity contribution in [1.82, 2.24) is 28.4 Å². The Morgan fingerprint density at radius 1 is 0.629 bits per heavy atom. The Kier molecular flexibility index (Phi) is 14.4. The molecule has 26 heteroatoms. The Morgan fingerprint density at radius 2 is 0.957 bits per heavy atom. The first kappa shape index (κ1) is 52.5. The van der Waals surface area contributed by atoms with Gasteiger partial charge in [0, 0.05) is 72.7 Å². The molecule has 0 bridgehead atoms. The molecule has 2 aromatic carbocycles. The molecule has 2 spiro atoms. The molecule has 4 fully saturated rings. The standard InChI is InChI=1S/C44H42Cl2F8N6O6S4/c1-25(59(39(61)29-11-13-35(43(49,50)51)55-37(29)45)27-15-41(16-27)21-57(22-41)69(63,64)33-9-5-3-7-31(33)47)19-67-68-20-26(2)60(40(62)30-12-14-36(44(52,53)54)56-38(30)46)28-17-42(18-28)23-58(24-42)70(65,66)34-10-6-4-8-32(34)48/h3-14,25-28H,15-24H2,1-2H3. The molecule has 2 aromatic heterocycles. The van der Waals surface area contributed by atoms with Gasteiger partial charge in [-0.05, 0) is 88.1 Å². The largest absolute Gasteiger partial charge is 0.433 e. The predicted octanol–water partition coefficient (Wildman–Crippen LogP) is 9.55. The molecule has 12 nitrogen and oxygen atoms in total. The van der Waals surface area contributed by atoms with Crippen molar-refractivity contribution in [3.8, 4) is 0 Å². The van der Waals surface area contributed by atoms with Crippen molar-refractivity contribution in [3.63, 3.8) is 0 Å². The van der Waals surface area contributed by atoms with Gasteiger partial charge in [0.1, 0.15) is 43.1 Å². The minimum Gasteiger partial charge on any atom is -0.332 e. The van der Waals surface area contributed by atoms with Crippen LogP contribution in [0.5, 0.6) is 0 Å². The van der Waals surface area contributed by atoms with Gasteiger partial charge in [-0.25, -0.2) is 35.6 Å². The van der Waals surface area contributed by atoms with Crippen LogP contribution in [0, 0.1) is 22.5 Å². The maximum absolute atomic E-state index is 14.5. The summed E-state index contributed by atoms with van der Waals surface area (Å²) < 4.78 is 165. The van der Waals surface area contributed by atoms with Crippen LogP contribution in [0.15, 0.2) is 82.6 Å². The molecular formula is C44H42Cl2F8N6O6S4. The van der Waals surface area contributed by atoms with E-state index < -0.39 is 122 Å². The predicted molar refractivity (Wildman–Crippen MR) is 246 cm³/mol. The van der Waals surface area contributed by atoms with Gasteiger partial charge in [0.15, 0.2) is 0 Å². The highest BCUT2D eigenvalue weighted by molar-refractivity contribution is 8.76. The fourth-order valence-corrected chi connectivity index (χ4v) is 16.4. The van der Waals surface area contributed by atoms with Gasteiger partial charge >= 0.3 is 12.4 Å². The minimum absolute atomic E-state index is 0.0533. The average molecular weight is 1100 g/mol. The van der Waals surface area contributed by atoms with Crippen LogP contribution in [0.2, 0.25) is 10.3 Å². The highest BCUT2D eigenvalue weighted by atomic mass is 35.5. The average Bonchev–Trinajstić information content (AvgIpc) is 3.21. The summed E-state index contributed by atoms with van der Waals surface area (Å²) in [6.45, 7) is 3.65. The van der Waals surface area contributed by atoms with Crippen molar-refractivity contribution >= 4 is 76.7 Å². The molecule has 0 N–H and O–H groups in total. The van der Waals surface area contributed by atoms with E-state index >= 15 is 0 Å². The van der Waals surface area contributed by atoms with Crippen molar-refractivity contribution in [2.75, 3.05) is 37.7 Å². The second-order valence-electron chi connectivity index (χ2n) is 18.3. The van der Waals surface area contributed by atoms with Gasteiger partial charge in [0.2, 0.25) is 20.0 Å². The van der Waals surface area contributed by atoms with E-state index in [1.807, 2.05) is 0 Å². The third-order valence-corrected chi connectivity index (χ3v) is 20.2. The van der Waals surface area contributed by atoms with Gasteiger partial charge < -0.3 is 9.80 Å². The van der Waals surface area contributed by atoms with Crippen LogP contribution in [0.3, 0.4) is 0 Å². The number of carbonyl (C=O) groups is 2. The third kappa shape index (κ3) is 10.1. The zero-order chi connectivity index (χ0) is 50.9. The zero-order valence-electron chi connectivity index (χ0n) is 36.9. The molecule has 2 amide bonds. The zero-order valence-corrected chi connectivity index (χ0v) is 41.6. The molecule has 2 saturated heterocycles.